The van der Waals surface area contributed by atoms with Crippen LogP contribution < -0.4 is 20.1 Å². The van der Waals surface area contributed by atoms with Gasteiger partial charge in [0.05, 0.1) is 23.0 Å². The van der Waals surface area contributed by atoms with E-state index in [4.69, 9.17) is 16.3 Å². The molecule has 0 saturated heterocycles. The van der Waals surface area contributed by atoms with Gasteiger partial charge in [-0.25, -0.2) is 18.4 Å². The number of methoxy groups -OCH3 is 1. The van der Waals surface area contributed by atoms with Gasteiger partial charge < -0.3 is 15.4 Å². The summed E-state index contributed by atoms with van der Waals surface area (Å²) in [5.41, 5.74) is 2.73. The Morgan fingerprint density at radius 3 is 1.97 bits per heavy atom. The first-order valence-corrected chi connectivity index (χ1v) is 13.5. The highest BCUT2D eigenvalue weighted by atomic mass is 35.5. The molecular formula is C28H22ClN5O4S. The number of para-hydroxylation sites is 2. The molecule has 0 aliphatic heterocycles. The molecule has 1 amide bonds. The van der Waals surface area contributed by atoms with Gasteiger partial charge in [-0.05, 0) is 84.9 Å². The zero-order valence-electron chi connectivity index (χ0n) is 20.6. The standard InChI is InChI=1S/C28H22ClN5O4S/c1-38-22-14-12-21(13-15-22)31-28(35)18-6-10-20(11-7-18)30-26-27(33-25-5-3-2-4-24(25)32-26)34-39(36,37)23-16-8-19(29)9-17-23/h2-17H,1H3,(H,30,32)(H,31,35)(H,33,34). The predicted octanol–water partition coefficient (Wildman–Crippen LogP) is 6.09. The van der Waals surface area contributed by atoms with E-state index < -0.39 is 10.0 Å². The third-order valence-electron chi connectivity index (χ3n) is 5.68. The van der Waals surface area contributed by atoms with Gasteiger partial charge in [-0.2, -0.15) is 0 Å². The molecule has 0 saturated carbocycles. The van der Waals surface area contributed by atoms with E-state index in [2.05, 4.69) is 25.3 Å². The molecule has 0 unspecified atom stereocenters. The normalized spacial score (nSPS) is 11.1. The second kappa shape index (κ2) is 11.0. The molecule has 9 nitrogen and oxygen atoms in total. The van der Waals surface area contributed by atoms with Gasteiger partial charge in [0, 0.05) is 22.0 Å². The molecule has 5 aromatic rings. The summed E-state index contributed by atoms with van der Waals surface area (Å²) in [6.45, 7) is 0. The molecule has 4 aromatic carbocycles. The summed E-state index contributed by atoms with van der Waals surface area (Å²) in [4.78, 5) is 21.8. The van der Waals surface area contributed by atoms with Crippen LogP contribution in [0.5, 0.6) is 5.75 Å². The van der Waals surface area contributed by atoms with E-state index in [-0.39, 0.29) is 22.4 Å². The smallest absolute Gasteiger partial charge is 0.263 e. The number of anilines is 4. The van der Waals surface area contributed by atoms with Crippen molar-refractivity contribution in [2.45, 2.75) is 4.90 Å². The quantitative estimate of drug-likeness (QED) is 0.210. The minimum Gasteiger partial charge on any atom is -0.497 e. The van der Waals surface area contributed by atoms with Crippen molar-refractivity contribution in [3.05, 3.63) is 108 Å². The SMILES string of the molecule is COc1ccc(NC(=O)c2ccc(Nc3nc4ccccc4nc3NS(=O)(=O)c3ccc(Cl)cc3)cc2)cc1. The second-order valence-corrected chi connectivity index (χ2v) is 10.5. The summed E-state index contributed by atoms with van der Waals surface area (Å²) in [6, 6.07) is 26.6. The number of carbonyl (C=O) groups excluding carboxylic acids is 1. The number of sulfonamides is 1. The molecular weight excluding hydrogens is 538 g/mol. The van der Waals surface area contributed by atoms with Gasteiger partial charge in [0.25, 0.3) is 15.9 Å². The first-order chi connectivity index (χ1) is 18.8. The number of benzene rings is 4. The minimum atomic E-state index is -3.98. The van der Waals surface area contributed by atoms with Crippen LogP contribution in [-0.2, 0) is 10.0 Å². The molecule has 1 aromatic heterocycles. The lowest BCUT2D eigenvalue weighted by Gasteiger charge is -2.14. The molecule has 0 bridgehead atoms. The molecule has 0 aliphatic rings. The molecule has 0 atom stereocenters. The van der Waals surface area contributed by atoms with Gasteiger partial charge in [0.1, 0.15) is 5.75 Å². The number of carbonyl (C=O) groups is 1. The highest BCUT2D eigenvalue weighted by Crippen LogP contribution is 2.28. The van der Waals surface area contributed by atoms with Crippen LogP contribution in [0.1, 0.15) is 10.4 Å². The van der Waals surface area contributed by atoms with E-state index >= 15 is 0 Å². The first-order valence-electron chi connectivity index (χ1n) is 11.7. The van der Waals surface area contributed by atoms with Crippen molar-refractivity contribution in [1.82, 2.24) is 9.97 Å². The zero-order valence-corrected chi connectivity index (χ0v) is 22.1. The maximum absolute atomic E-state index is 13.1. The number of hydrogen-bond acceptors (Lipinski definition) is 7. The number of halogens is 1. The highest BCUT2D eigenvalue weighted by molar-refractivity contribution is 7.92. The number of ether oxygens (including phenoxy) is 1. The fourth-order valence-electron chi connectivity index (χ4n) is 3.68. The van der Waals surface area contributed by atoms with Crippen LogP contribution in [0.4, 0.5) is 23.0 Å². The van der Waals surface area contributed by atoms with Crippen molar-refractivity contribution >= 4 is 61.6 Å². The number of nitrogens with zero attached hydrogens (tertiary/aromatic N) is 2. The molecule has 0 aliphatic carbocycles. The Labute approximate surface area is 229 Å². The van der Waals surface area contributed by atoms with Crippen LogP contribution >= 0.6 is 11.6 Å². The first kappa shape index (κ1) is 26.0. The van der Waals surface area contributed by atoms with Crippen LogP contribution in [0.15, 0.2) is 102 Å². The van der Waals surface area contributed by atoms with Gasteiger partial charge in [0.15, 0.2) is 11.6 Å². The van der Waals surface area contributed by atoms with Gasteiger partial charge >= 0.3 is 0 Å². The van der Waals surface area contributed by atoms with Gasteiger partial charge in [-0.15, -0.1) is 0 Å². The second-order valence-electron chi connectivity index (χ2n) is 8.35. The minimum absolute atomic E-state index is 0.0185. The molecule has 1 heterocycles. The van der Waals surface area contributed by atoms with Crippen LogP contribution in [0.3, 0.4) is 0 Å². The molecule has 0 spiro atoms. The van der Waals surface area contributed by atoms with Gasteiger partial charge in [-0.3, -0.25) is 9.52 Å². The Morgan fingerprint density at radius 2 is 1.36 bits per heavy atom. The molecule has 3 N–H and O–H groups in total. The summed E-state index contributed by atoms with van der Waals surface area (Å²) in [5.74, 6) is 0.621. The van der Waals surface area contributed by atoms with Crippen molar-refractivity contribution in [3.8, 4) is 5.75 Å². The number of rotatable bonds is 8. The maximum atomic E-state index is 13.1. The van der Waals surface area contributed by atoms with Crippen molar-refractivity contribution in [3.63, 3.8) is 0 Å². The van der Waals surface area contributed by atoms with Crippen LogP contribution in [0.2, 0.25) is 5.02 Å². The van der Waals surface area contributed by atoms with Crippen molar-refractivity contribution in [1.29, 1.82) is 0 Å². The maximum Gasteiger partial charge on any atom is 0.263 e. The van der Waals surface area contributed by atoms with Gasteiger partial charge in [-0.1, -0.05) is 23.7 Å². The van der Waals surface area contributed by atoms with Crippen molar-refractivity contribution in [2.24, 2.45) is 0 Å². The van der Waals surface area contributed by atoms with Crippen molar-refractivity contribution in [2.75, 3.05) is 22.5 Å². The lowest BCUT2D eigenvalue weighted by molar-refractivity contribution is 0.102. The number of amides is 1. The Kier molecular flexibility index (Phi) is 7.31. The number of hydrogen-bond donors (Lipinski definition) is 3. The molecule has 196 valence electrons. The predicted molar refractivity (Wildman–Crippen MR) is 152 cm³/mol. The number of fused-ring (bicyclic) bond motifs is 1. The third kappa shape index (κ3) is 6.08. The Balaban J connectivity index is 1.39. The van der Waals surface area contributed by atoms with E-state index in [9.17, 15) is 13.2 Å². The van der Waals surface area contributed by atoms with Crippen LogP contribution in [-0.4, -0.2) is 31.4 Å². The summed E-state index contributed by atoms with van der Waals surface area (Å²) in [5, 5.41) is 6.36. The van der Waals surface area contributed by atoms with E-state index in [1.54, 1.807) is 73.8 Å². The fraction of sp³-hybridized carbons (Fsp3) is 0.0357. The number of nitrogens with one attached hydrogen (secondary N) is 3. The fourth-order valence-corrected chi connectivity index (χ4v) is 4.81. The summed E-state index contributed by atoms with van der Waals surface area (Å²) in [7, 11) is -2.40. The summed E-state index contributed by atoms with van der Waals surface area (Å²) >= 11 is 5.91. The Bertz CT molecular complexity index is 1740. The Morgan fingerprint density at radius 1 is 0.769 bits per heavy atom. The molecule has 0 radical (unpaired) electrons. The average Bonchev–Trinajstić information content (AvgIpc) is 2.94. The molecule has 5 rings (SSSR count). The summed E-state index contributed by atoms with van der Waals surface area (Å²) in [6.07, 6.45) is 0. The molecule has 0 fully saturated rings. The lowest BCUT2D eigenvalue weighted by Crippen LogP contribution is -2.16. The zero-order chi connectivity index (χ0) is 27.4. The Hall–Kier alpha value is -4.67. The van der Waals surface area contributed by atoms with Crippen LogP contribution in [0.25, 0.3) is 11.0 Å². The van der Waals surface area contributed by atoms with Crippen molar-refractivity contribution < 1.29 is 17.9 Å². The van der Waals surface area contributed by atoms with Crippen LogP contribution in [0, 0.1) is 0 Å². The highest BCUT2D eigenvalue weighted by Gasteiger charge is 2.19. The monoisotopic (exact) mass is 559 g/mol. The topological polar surface area (TPSA) is 122 Å². The van der Waals surface area contributed by atoms with Gasteiger partial charge in [0.2, 0.25) is 0 Å². The summed E-state index contributed by atoms with van der Waals surface area (Å²) < 4.78 is 33.8. The van der Waals surface area contributed by atoms with E-state index in [0.717, 1.165) is 0 Å². The van der Waals surface area contributed by atoms with E-state index in [1.807, 2.05) is 6.07 Å². The lowest BCUT2D eigenvalue weighted by atomic mass is 10.2. The average molecular weight is 560 g/mol. The van der Waals surface area contributed by atoms with E-state index in [1.165, 1.54) is 24.3 Å². The third-order valence-corrected chi connectivity index (χ3v) is 7.29. The molecule has 11 heteroatoms. The molecule has 39 heavy (non-hydrogen) atoms. The van der Waals surface area contributed by atoms with E-state index in [0.29, 0.717) is 38.7 Å². The largest absolute Gasteiger partial charge is 0.497 e. The number of aromatic nitrogens is 2.